The highest BCUT2D eigenvalue weighted by molar-refractivity contribution is 9.10. The topological polar surface area (TPSA) is 45.2 Å². The first kappa shape index (κ1) is 15.2. The highest BCUT2D eigenvalue weighted by atomic mass is 79.9. The number of thiazole rings is 1. The van der Waals surface area contributed by atoms with Gasteiger partial charge in [0.25, 0.3) is 0 Å². The molecule has 106 valence electrons. The second kappa shape index (κ2) is 6.97. The van der Waals surface area contributed by atoms with E-state index in [1.54, 1.807) is 11.3 Å². The summed E-state index contributed by atoms with van der Waals surface area (Å²) in [5.74, 6) is -0.0511. The molecule has 2 rings (SSSR count). The van der Waals surface area contributed by atoms with E-state index in [1.165, 1.54) is 0 Å². The average molecular weight is 354 g/mol. The molecule has 0 spiro atoms. The number of amides is 1. The van der Waals surface area contributed by atoms with Crippen molar-refractivity contribution in [2.24, 2.45) is 0 Å². The fraction of sp³-hybridized carbons (Fsp3) is 0.286. The Labute approximate surface area is 131 Å². The van der Waals surface area contributed by atoms with Crippen molar-refractivity contribution in [2.75, 3.05) is 19.4 Å². The molecule has 0 radical (unpaired) electrons. The molecular formula is C14H16BrN3OS. The third kappa shape index (κ3) is 4.70. The Morgan fingerprint density at radius 2 is 2.25 bits per heavy atom. The van der Waals surface area contributed by atoms with Crippen molar-refractivity contribution < 1.29 is 4.79 Å². The average Bonchev–Trinajstić information content (AvgIpc) is 2.75. The van der Waals surface area contributed by atoms with Gasteiger partial charge in [-0.15, -0.1) is 11.3 Å². The van der Waals surface area contributed by atoms with Crippen LogP contribution in [0.4, 0.5) is 5.69 Å². The van der Waals surface area contributed by atoms with Crippen molar-refractivity contribution in [3.05, 3.63) is 44.8 Å². The third-order valence-corrected chi connectivity index (χ3v) is 3.88. The normalized spacial score (nSPS) is 10.8. The summed E-state index contributed by atoms with van der Waals surface area (Å²) in [7, 11) is 4.00. The van der Waals surface area contributed by atoms with Gasteiger partial charge in [0.15, 0.2) is 0 Å². The summed E-state index contributed by atoms with van der Waals surface area (Å²) in [5, 5.41) is 5.84. The number of halogens is 1. The maximum absolute atomic E-state index is 12.0. The Balaban J connectivity index is 1.93. The summed E-state index contributed by atoms with van der Waals surface area (Å²) in [6, 6.07) is 7.54. The minimum atomic E-state index is -0.0511. The molecule has 20 heavy (non-hydrogen) atoms. The van der Waals surface area contributed by atoms with Crippen LogP contribution in [0.1, 0.15) is 10.7 Å². The molecule has 0 saturated heterocycles. The number of carbonyl (C=O) groups excluding carboxylic acids is 1. The lowest BCUT2D eigenvalue weighted by atomic mass is 10.3. The Kier molecular flexibility index (Phi) is 5.28. The van der Waals surface area contributed by atoms with E-state index in [1.807, 2.05) is 43.7 Å². The number of carbonyl (C=O) groups is 1. The quantitative estimate of drug-likeness (QED) is 0.897. The van der Waals surface area contributed by atoms with E-state index in [-0.39, 0.29) is 5.91 Å². The first-order valence-corrected chi connectivity index (χ1v) is 7.83. The summed E-state index contributed by atoms with van der Waals surface area (Å²) < 4.78 is 0.942. The van der Waals surface area contributed by atoms with Gasteiger partial charge in [0.1, 0.15) is 5.01 Å². The number of benzene rings is 1. The van der Waals surface area contributed by atoms with Crippen molar-refractivity contribution in [1.29, 1.82) is 0 Å². The lowest BCUT2D eigenvalue weighted by Crippen LogP contribution is -2.15. The summed E-state index contributed by atoms with van der Waals surface area (Å²) in [5.41, 5.74) is 1.60. The summed E-state index contributed by atoms with van der Waals surface area (Å²) >= 11 is 4.97. The minimum Gasteiger partial charge on any atom is -0.326 e. The fourth-order valence-electron chi connectivity index (χ4n) is 1.71. The molecule has 4 nitrogen and oxygen atoms in total. The fourth-order valence-corrected chi connectivity index (χ4v) is 3.02. The molecule has 1 N–H and O–H groups in total. The number of aromatic nitrogens is 1. The molecule has 0 atom stereocenters. The van der Waals surface area contributed by atoms with Gasteiger partial charge in [0, 0.05) is 22.1 Å². The Hall–Kier alpha value is -1.24. The standard InChI is InChI=1S/C14H16BrN3OS/c1-18(2)8-14-17-12(9-20-14)7-13(19)16-11-5-3-4-10(15)6-11/h3-6,9H,7-8H2,1-2H3,(H,16,19). The maximum Gasteiger partial charge on any atom is 0.230 e. The van der Waals surface area contributed by atoms with E-state index < -0.39 is 0 Å². The van der Waals surface area contributed by atoms with Crippen molar-refractivity contribution >= 4 is 38.9 Å². The zero-order valence-electron chi connectivity index (χ0n) is 11.4. The highest BCUT2D eigenvalue weighted by Gasteiger charge is 2.08. The van der Waals surface area contributed by atoms with Crippen LogP contribution in [0.5, 0.6) is 0 Å². The van der Waals surface area contributed by atoms with Crippen LogP contribution in [-0.2, 0) is 17.8 Å². The van der Waals surface area contributed by atoms with Crippen LogP contribution in [0.2, 0.25) is 0 Å². The molecule has 0 fully saturated rings. The van der Waals surface area contributed by atoms with E-state index >= 15 is 0 Å². The third-order valence-electron chi connectivity index (χ3n) is 2.50. The SMILES string of the molecule is CN(C)Cc1nc(CC(=O)Nc2cccc(Br)c2)cs1. The Bertz CT molecular complexity index is 598. The van der Waals surface area contributed by atoms with Crippen LogP contribution in [0.15, 0.2) is 34.1 Å². The van der Waals surface area contributed by atoms with E-state index in [0.29, 0.717) is 6.42 Å². The molecule has 1 heterocycles. The van der Waals surface area contributed by atoms with Crippen LogP contribution in [0.3, 0.4) is 0 Å². The van der Waals surface area contributed by atoms with Crippen LogP contribution in [0, 0.1) is 0 Å². The number of hydrogen-bond donors (Lipinski definition) is 1. The van der Waals surface area contributed by atoms with E-state index in [9.17, 15) is 4.79 Å². The highest BCUT2D eigenvalue weighted by Crippen LogP contribution is 2.16. The number of hydrogen-bond acceptors (Lipinski definition) is 4. The molecule has 0 bridgehead atoms. The van der Waals surface area contributed by atoms with Gasteiger partial charge in [0.2, 0.25) is 5.91 Å². The van der Waals surface area contributed by atoms with Crippen molar-refractivity contribution in [1.82, 2.24) is 9.88 Å². The first-order chi connectivity index (χ1) is 9.52. The molecule has 1 amide bonds. The first-order valence-electron chi connectivity index (χ1n) is 6.16. The lowest BCUT2D eigenvalue weighted by molar-refractivity contribution is -0.115. The van der Waals surface area contributed by atoms with Gasteiger partial charge in [-0.1, -0.05) is 22.0 Å². The molecule has 0 saturated carbocycles. The van der Waals surface area contributed by atoms with E-state index in [0.717, 1.165) is 27.4 Å². The smallest absolute Gasteiger partial charge is 0.230 e. The van der Waals surface area contributed by atoms with Crippen LogP contribution >= 0.6 is 27.3 Å². The monoisotopic (exact) mass is 353 g/mol. The Morgan fingerprint density at radius 3 is 2.95 bits per heavy atom. The van der Waals surface area contributed by atoms with Crippen molar-refractivity contribution in [3.8, 4) is 0 Å². The molecule has 0 aliphatic heterocycles. The van der Waals surface area contributed by atoms with Gasteiger partial charge in [0.05, 0.1) is 12.1 Å². The van der Waals surface area contributed by atoms with Gasteiger partial charge in [-0.3, -0.25) is 4.79 Å². The number of nitrogens with zero attached hydrogens (tertiary/aromatic N) is 2. The number of rotatable bonds is 5. The zero-order chi connectivity index (χ0) is 14.5. The molecule has 0 unspecified atom stereocenters. The predicted octanol–water partition coefficient (Wildman–Crippen LogP) is 3.15. The summed E-state index contributed by atoms with van der Waals surface area (Å²) in [4.78, 5) is 18.5. The van der Waals surface area contributed by atoms with Crippen molar-refractivity contribution in [2.45, 2.75) is 13.0 Å². The summed E-state index contributed by atoms with van der Waals surface area (Å²) in [6.45, 7) is 0.803. The minimum absolute atomic E-state index is 0.0511. The summed E-state index contributed by atoms with van der Waals surface area (Å²) in [6.07, 6.45) is 0.302. The van der Waals surface area contributed by atoms with Gasteiger partial charge >= 0.3 is 0 Å². The van der Waals surface area contributed by atoms with Gasteiger partial charge in [-0.05, 0) is 32.3 Å². The van der Waals surface area contributed by atoms with Gasteiger partial charge in [-0.25, -0.2) is 4.98 Å². The predicted molar refractivity (Wildman–Crippen MR) is 86.0 cm³/mol. The molecule has 6 heteroatoms. The number of nitrogens with one attached hydrogen (secondary N) is 1. The van der Waals surface area contributed by atoms with Crippen LogP contribution in [0.25, 0.3) is 0 Å². The molecule has 1 aromatic carbocycles. The second-order valence-electron chi connectivity index (χ2n) is 4.71. The van der Waals surface area contributed by atoms with Crippen molar-refractivity contribution in [3.63, 3.8) is 0 Å². The number of anilines is 1. The van der Waals surface area contributed by atoms with Gasteiger partial charge < -0.3 is 10.2 Å². The van der Waals surface area contributed by atoms with E-state index in [2.05, 4.69) is 31.1 Å². The van der Waals surface area contributed by atoms with Crippen LogP contribution in [-0.4, -0.2) is 29.9 Å². The largest absolute Gasteiger partial charge is 0.326 e. The van der Waals surface area contributed by atoms with E-state index in [4.69, 9.17) is 0 Å². The van der Waals surface area contributed by atoms with Crippen LogP contribution < -0.4 is 5.32 Å². The Morgan fingerprint density at radius 1 is 1.45 bits per heavy atom. The molecule has 1 aromatic heterocycles. The molecule has 0 aliphatic carbocycles. The maximum atomic E-state index is 12.0. The molecule has 0 aliphatic rings. The zero-order valence-corrected chi connectivity index (χ0v) is 13.8. The lowest BCUT2D eigenvalue weighted by Gasteiger charge is -2.05. The molecule has 2 aromatic rings. The second-order valence-corrected chi connectivity index (χ2v) is 6.56. The molecular weight excluding hydrogens is 338 g/mol. The van der Waals surface area contributed by atoms with Gasteiger partial charge in [-0.2, -0.15) is 0 Å².